The number of carboxylic acids is 1. The Hall–Kier alpha value is -3.01. The Morgan fingerprint density at radius 3 is 2.48 bits per heavy atom. The molecule has 0 aliphatic heterocycles. The molecule has 21 heavy (non-hydrogen) atoms. The molecule has 0 heterocycles. The zero-order valence-corrected chi connectivity index (χ0v) is 11.1. The van der Waals surface area contributed by atoms with Gasteiger partial charge in [-0.15, -0.1) is 0 Å². The van der Waals surface area contributed by atoms with Crippen molar-refractivity contribution in [2.75, 3.05) is 5.73 Å². The molecule has 0 bridgehead atoms. The highest BCUT2D eigenvalue weighted by Gasteiger charge is 2.09. The Bertz CT molecular complexity index is 822. The molecule has 0 radical (unpaired) electrons. The molecule has 0 saturated heterocycles. The fourth-order valence-corrected chi connectivity index (χ4v) is 2.18. The summed E-state index contributed by atoms with van der Waals surface area (Å²) in [5.74, 6) is 0.109. The maximum atomic E-state index is 10.9. The topological polar surface area (TPSA) is 72.6 Å². The van der Waals surface area contributed by atoms with Gasteiger partial charge in [0.15, 0.2) is 0 Å². The Morgan fingerprint density at radius 1 is 0.952 bits per heavy atom. The van der Waals surface area contributed by atoms with Gasteiger partial charge in [-0.3, -0.25) is 0 Å². The van der Waals surface area contributed by atoms with Gasteiger partial charge in [-0.05, 0) is 29.7 Å². The van der Waals surface area contributed by atoms with Gasteiger partial charge in [0.1, 0.15) is 11.5 Å². The Kier molecular flexibility index (Phi) is 3.20. The average Bonchev–Trinajstić information content (AvgIpc) is 2.49. The van der Waals surface area contributed by atoms with Crippen LogP contribution in [-0.4, -0.2) is 11.1 Å². The van der Waals surface area contributed by atoms with Crippen molar-refractivity contribution < 1.29 is 14.6 Å². The van der Waals surface area contributed by atoms with E-state index in [2.05, 4.69) is 0 Å². The van der Waals surface area contributed by atoms with Gasteiger partial charge in [-0.2, -0.15) is 0 Å². The summed E-state index contributed by atoms with van der Waals surface area (Å²) in [6.45, 7) is 0. The molecule has 0 unspecified atom stereocenters. The molecule has 0 saturated carbocycles. The number of hydrogen-bond donors (Lipinski definition) is 2. The van der Waals surface area contributed by atoms with E-state index in [0.717, 1.165) is 10.8 Å². The summed E-state index contributed by atoms with van der Waals surface area (Å²) >= 11 is 0. The molecular formula is C17H13NO3. The lowest BCUT2D eigenvalue weighted by Gasteiger charge is -2.11. The van der Waals surface area contributed by atoms with Crippen LogP contribution in [0.3, 0.4) is 0 Å². The van der Waals surface area contributed by atoms with Crippen molar-refractivity contribution in [3.8, 4) is 11.5 Å². The fraction of sp³-hybridized carbons (Fsp3) is 0. The number of rotatable bonds is 3. The molecule has 0 aromatic heterocycles. The Morgan fingerprint density at radius 2 is 1.71 bits per heavy atom. The molecule has 104 valence electrons. The number of nitrogens with two attached hydrogens (primary N) is 1. The van der Waals surface area contributed by atoms with Gasteiger partial charge in [0.2, 0.25) is 0 Å². The molecule has 3 rings (SSSR count). The standard InChI is InChI=1S/C17H13NO3/c18-14-10-12(17(19)20)8-9-16(14)21-15-7-3-5-11-4-1-2-6-13(11)15/h1-10H,18H2,(H,19,20). The molecule has 3 aromatic rings. The first-order valence-electron chi connectivity index (χ1n) is 6.43. The highest BCUT2D eigenvalue weighted by molar-refractivity contribution is 5.90. The van der Waals surface area contributed by atoms with Crippen LogP contribution in [0.4, 0.5) is 5.69 Å². The number of carboxylic acid groups (broad SMARTS) is 1. The summed E-state index contributed by atoms with van der Waals surface area (Å²) in [5, 5.41) is 11.0. The predicted octanol–water partition coefficient (Wildman–Crippen LogP) is 3.91. The first-order chi connectivity index (χ1) is 10.1. The predicted molar refractivity (Wildman–Crippen MR) is 81.8 cm³/mol. The van der Waals surface area contributed by atoms with Crippen LogP contribution in [0.15, 0.2) is 60.7 Å². The number of benzene rings is 3. The third-order valence-electron chi connectivity index (χ3n) is 3.23. The van der Waals surface area contributed by atoms with Crippen molar-refractivity contribution in [1.29, 1.82) is 0 Å². The van der Waals surface area contributed by atoms with Crippen LogP contribution in [0.1, 0.15) is 10.4 Å². The van der Waals surface area contributed by atoms with Crippen LogP contribution in [0.25, 0.3) is 10.8 Å². The smallest absolute Gasteiger partial charge is 0.335 e. The third-order valence-corrected chi connectivity index (χ3v) is 3.23. The number of hydrogen-bond acceptors (Lipinski definition) is 3. The maximum absolute atomic E-state index is 10.9. The normalized spacial score (nSPS) is 10.5. The van der Waals surface area contributed by atoms with Gasteiger partial charge >= 0.3 is 5.97 Å². The number of anilines is 1. The molecule has 3 N–H and O–H groups in total. The zero-order valence-electron chi connectivity index (χ0n) is 11.1. The average molecular weight is 279 g/mol. The molecule has 0 aliphatic rings. The molecule has 0 atom stereocenters. The van der Waals surface area contributed by atoms with E-state index in [1.807, 2.05) is 42.5 Å². The molecule has 0 aliphatic carbocycles. The van der Waals surface area contributed by atoms with Gasteiger partial charge in [0.25, 0.3) is 0 Å². The van der Waals surface area contributed by atoms with E-state index in [4.69, 9.17) is 15.6 Å². The van der Waals surface area contributed by atoms with Crippen molar-refractivity contribution in [1.82, 2.24) is 0 Å². The minimum atomic E-state index is -1.02. The number of carbonyl (C=O) groups is 1. The van der Waals surface area contributed by atoms with Crippen LogP contribution < -0.4 is 10.5 Å². The number of fused-ring (bicyclic) bond motifs is 1. The van der Waals surface area contributed by atoms with Gasteiger partial charge in [0, 0.05) is 5.39 Å². The lowest BCUT2D eigenvalue weighted by Crippen LogP contribution is -1.99. The van der Waals surface area contributed by atoms with E-state index in [9.17, 15) is 4.79 Å². The SMILES string of the molecule is Nc1cc(C(=O)O)ccc1Oc1cccc2ccccc12. The summed E-state index contributed by atoms with van der Waals surface area (Å²) in [6.07, 6.45) is 0. The van der Waals surface area contributed by atoms with E-state index in [1.54, 1.807) is 6.07 Å². The van der Waals surface area contributed by atoms with E-state index in [0.29, 0.717) is 17.2 Å². The second kappa shape index (κ2) is 5.17. The van der Waals surface area contributed by atoms with E-state index in [1.165, 1.54) is 12.1 Å². The van der Waals surface area contributed by atoms with Gasteiger partial charge < -0.3 is 15.6 Å². The zero-order chi connectivity index (χ0) is 14.8. The van der Waals surface area contributed by atoms with Gasteiger partial charge in [-0.25, -0.2) is 4.79 Å². The van der Waals surface area contributed by atoms with Crippen LogP contribution in [0, 0.1) is 0 Å². The van der Waals surface area contributed by atoms with E-state index < -0.39 is 5.97 Å². The van der Waals surface area contributed by atoms with Crippen molar-refractivity contribution in [2.45, 2.75) is 0 Å². The number of aromatic carboxylic acids is 1. The van der Waals surface area contributed by atoms with Crippen molar-refractivity contribution in [3.63, 3.8) is 0 Å². The number of ether oxygens (including phenoxy) is 1. The molecule has 0 fully saturated rings. The molecule has 0 spiro atoms. The molecule has 4 heteroatoms. The summed E-state index contributed by atoms with van der Waals surface area (Å²) in [5.41, 5.74) is 6.29. The quantitative estimate of drug-likeness (QED) is 0.713. The summed E-state index contributed by atoms with van der Waals surface area (Å²) < 4.78 is 5.84. The van der Waals surface area contributed by atoms with Crippen LogP contribution in [0.5, 0.6) is 11.5 Å². The highest BCUT2D eigenvalue weighted by atomic mass is 16.5. The first-order valence-corrected chi connectivity index (χ1v) is 6.43. The Balaban J connectivity index is 2.01. The second-order valence-corrected chi connectivity index (χ2v) is 4.64. The van der Waals surface area contributed by atoms with E-state index in [-0.39, 0.29) is 5.56 Å². The van der Waals surface area contributed by atoms with Crippen molar-refractivity contribution >= 4 is 22.4 Å². The molecule has 4 nitrogen and oxygen atoms in total. The van der Waals surface area contributed by atoms with Crippen molar-refractivity contribution in [3.05, 3.63) is 66.2 Å². The minimum Gasteiger partial charge on any atom is -0.478 e. The lowest BCUT2D eigenvalue weighted by molar-refractivity contribution is 0.0697. The summed E-state index contributed by atoms with van der Waals surface area (Å²) in [6, 6.07) is 18.0. The Labute approximate surface area is 121 Å². The lowest BCUT2D eigenvalue weighted by atomic mass is 10.1. The summed E-state index contributed by atoms with van der Waals surface area (Å²) in [4.78, 5) is 10.9. The largest absolute Gasteiger partial charge is 0.478 e. The fourth-order valence-electron chi connectivity index (χ4n) is 2.18. The maximum Gasteiger partial charge on any atom is 0.335 e. The first kappa shape index (κ1) is 13.0. The third kappa shape index (κ3) is 2.51. The minimum absolute atomic E-state index is 0.137. The monoisotopic (exact) mass is 279 g/mol. The second-order valence-electron chi connectivity index (χ2n) is 4.64. The van der Waals surface area contributed by atoms with E-state index >= 15 is 0 Å². The van der Waals surface area contributed by atoms with Gasteiger partial charge in [0.05, 0.1) is 11.3 Å². The van der Waals surface area contributed by atoms with Crippen molar-refractivity contribution in [2.24, 2.45) is 0 Å². The highest BCUT2D eigenvalue weighted by Crippen LogP contribution is 2.33. The molecule has 3 aromatic carbocycles. The van der Waals surface area contributed by atoms with Crippen LogP contribution >= 0.6 is 0 Å². The van der Waals surface area contributed by atoms with Gasteiger partial charge in [-0.1, -0.05) is 36.4 Å². The molecule has 0 amide bonds. The van der Waals surface area contributed by atoms with Crippen LogP contribution in [0.2, 0.25) is 0 Å². The summed E-state index contributed by atoms with van der Waals surface area (Å²) in [7, 11) is 0. The molecular weight excluding hydrogens is 266 g/mol. The van der Waals surface area contributed by atoms with Crippen LogP contribution in [-0.2, 0) is 0 Å². The number of nitrogen functional groups attached to an aromatic ring is 1.